The van der Waals surface area contributed by atoms with E-state index in [0.717, 1.165) is 55.5 Å². The van der Waals surface area contributed by atoms with Crippen molar-refractivity contribution in [3.8, 4) is 16.9 Å². The summed E-state index contributed by atoms with van der Waals surface area (Å²) < 4.78 is 41.0. The summed E-state index contributed by atoms with van der Waals surface area (Å²) in [7, 11) is -4.34. The summed E-state index contributed by atoms with van der Waals surface area (Å²) in [4.78, 5) is -0.0979. The zero-order chi connectivity index (χ0) is 27.0. The quantitative estimate of drug-likeness (QED) is 0.242. The molecule has 39 heavy (non-hydrogen) atoms. The third-order valence-corrected chi connectivity index (χ3v) is 9.06. The summed E-state index contributed by atoms with van der Waals surface area (Å²) in [6, 6.07) is 33.6. The van der Waals surface area contributed by atoms with Crippen molar-refractivity contribution in [1.82, 2.24) is 0 Å². The SMILES string of the molecule is CC1(C)c2cc(S(=O)(=O)O)ccc2-c2c1c1c(c3ccccc23)OC(c2ccccc2)(c2ccccc2)C=C1. The van der Waals surface area contributed by atoms with Gasteiger partial charge < -0.3 is 4.74 Å². The smallest absolute Gasteiger partial charge is 0.294 e. The van der Waals surface area contributed by atoms with Gasteiger partial charge in [0.1, 0.15) is 5.75 Å². The van der Waals surface area contributed by atoms with E-state index in [0.29, 0.717) is 0 Å². The Bertz CT molecular complexity index is 1880. The first-order valence-electron chi connectivity index (χ1n) is 12.9. The Hall–Kier alpha value is -4.19. The predicted molar refractivity (Wildman–Crippen MR) is 155 cm³/mol. The van der Waals surface area contributed by atoms with Crippen LogP contribution in [0.15, 0.2) is 114 Å². The summed E-state index contributed by atoms with van der Waals surface area (Å²) in [5, 5.41) is 2.04. The fourth-order valence-electron chi connectivity index (χ4n) is 6.42. The molecule has 0 bridgehead atoms. The lowest BCUT2D eigenvalue weighted by molar-refractivity contribution is 0.163. The second-order valence-electron chi connectivity index (χ2n) is 10.7. The van der Waals surface area contributed by atoms with Crippen LogP contribution in [0.4, 0.5) is 0 Å². The maximum Gasteiger partial charge on any atom is 0.294 e. The molecule has 0 unspecified atom stereocenters. The lowest BCUT2D eigenvalue weighted by Crippen LogP contribution is -2.35. The lowest BCUT2D eigenvalue weighted by atomic mass is 9.77. The van der Waals surface area contributed by atoms with Crippen LogP contribution in [-0.2, 0) is 21.1 Å². The van der Waals surface area contributed by atoms with Crippen LogP contribution >= 0.6 is 0 Å². The maximum atomic E-state index is 12.0. The Balaban J connectivity index is 1.55. The van der Waals surface area contributed by atoms with Gasteiger partial charge in [0.2, 0.25) is 0 Å². The van der Waals surface area contributed by atoms with E-state index < -0.39 is 21.1 Å². The number of hydrogen-bond acceptors (Lipinski definition) is 3. The van der Waals surface area contributed by atoms with Gasteiger partial charge >= 0.3 is 0 Å². The van der Waals surface area contributed by atoms with E-state index in [2.05, 4.69) is 62.4 Å². The average molecular weight is 531 g/mol. The molecule has 7 rings (SSSR count). The van der Waals surface area contributed by atoms with E-state index in [1.807, 2.05) is 54.6 Å². The predicted octanol–water partition coefficient (Wildman–Crippen LogP) is 7.74. The van der Waals surface area contributed by atoms with Crippen LogP contribution in [0, 0.1) is 0 Å². The minimum Gasteiger partial charge on any atom is -0.472 e. The molecule has 1 aliphatic carbocycles. The largest absolute Gasteiger partial charge is 0.472 e. The molecule has 0 spiro atoms. The number of ether oxygens (including phenoxy) is 1. The average Bonchev–Trinajstić information content (AvgIpc) is 3.20. The Labute approximate surface area is 228 Å². The zero-order valence-electron chi connectivity index (χ0n) is 21.5. The van der Waals surface area contributed by atoms with Crippen molar-refractivity contribution in [2.45, 2.75) is 29.8 Å². The van der Waals surface area contributed by atoms with Gasteiger partial charge in [0.15, 0.2) is 5.60 Å². The van der Waals surface area contributed by atoms with Gasteiger partial charge in [0.05, 0.1) is 4.90 Å². The highest BCUT2D eigenvalue weighted by Gasteiger charge is 2.44. The maximum absolute atomic E-state index is 12.0. The number of rotatable bonds is 3. The molecule has 5 aromatic carbocycles. The van der Waals surface area contributed by atoms with Crippen molar-refractivity contribution >= 4 is 27.0 Å². The Morgan fingerprint density at radius 3 is 1.95 bits per heavy atom. The van der Waals surface area contributed by atoms with E-state index in [-0.39, 0.29) is 4.90 Å². The van der Waals surface area contributed by atoms with Gasteiger partial charge in [0.25, 0.3) is 10.1 Å². The van der Waals surface area contributed by atoms with Crippen LogP contribution < -0.4 is 4.74 Å². The summed E-state index contributed by atoms with van der Waals surface area (Å²) >= 11 is 0. The standard InChI is InChI=1S/C34H26O4S/c1-33(2)29-21-24(39(35,36)37)17-18-27(29)30-25-15-9-10-16-26(25)32-28(31(30)33)19-20-34(38-32,22-11-5-3-6-12-22)23-13-7-4-8-14-23/h3-21H,1-2H3,(H,35,36,37). The molecule has 5 heteroatoms. The van der Waals surface area contributed by atoms with Crippen molar-refractivity contribution in [1.29, 1.82) is 0 Å². The Morgan fingerprint density at radius 1 is 0.744 bits per heavy atom. The monoisotopic (exact) mass is 530 g/mol. The third-order valence-electron chi connectivity index (χ3n) is 8.21. The minimum atomic E-state index is -4.34. The highest BCUT2D eigenvalue weighted by Crippen LogP contribution is 2.58. The highest BCUT2D eigenvalue weighted by molar-refractivity contribution is 7.85. The summed E-state index contributed by atoms with van der Waals surface area (Å²) in [6.45, 7) is 4.20. The molecule has 0 radical (unpaired) electrons. The van der Waals surface area contributed by atoms with Crippen LogP contribution in [0.5, 0.6) is 5.75 Å². The first-order chi connectivity index (χ1) is 18.7. The van der Waals surface area contributed by atoms with Gasteiger partial charge in [-0.05, 0) is 45.8 Å². The van der Waals surface area contributed by atoms with Crippen molar-refractivity contribution in [2.75, 3.05) is 0 Å². The normalized spacial score (nSPS) is 16.3. The zero-order valence-corrected chi connectivity index (χ0v) is 22.4. The van der Waals surface area contributed by atoms with Crippen molar-refractivity contribution in [3.63, 3.8) is 0 Å². The summed E-state index contributed by atoms with van der Waals surface area (Å²) in [5.41, 5.74) is 5.69. The van der Waals surface area contributed by atoms with Crippen molar-refractivity contribution in [2.24, 2.45) is 0 Å². The number of benzene rings is 5. The van der Waals surface area contributed by atoms with Crippen LogP contribution in [0.3, 0.4) is 0 Å². The van der Waals surface area contributed by atoms with Gasteiger partial charge in [-0.1, -0.05) is 111 Å². The molecule has 1 aliphatic heterocycles. The molecule has 2 aliphatic rings. The Kier molecular flexibility index (Phi) is 5.00. The molecular weight excluding hydrogens is 504 g/mol. The molecule has 0 saturated carbocycles. The molecule has 4 nitrogen and oxygen atoms in total. The third kappa shape index (κ3) is 3.37. The molecule has 192 valence electrons. The molecule has 0 amide bonds. The van der Waals surface area contributed by atoms with Crippen LogP contribution in [0.25, 0.3) is 28.0 Å². The topological polar surface area (TPSA) is 63.6 Å². The molecular formula is C34H26O4S. The van der Waals surface area contributed by atoms with Crippen molar-refractivity contribution in [3.05, 3.63) is 137 Å². The van der Waals surface area contributed by atoms with E-state index in [9.17, 15) is 13.0 Å². The summed E-state index contributed by atoms with van der Waals surface area (Å²) in [6.07, 6.45) is 4.30. The van der Waals surface area contributed by atoms with Crippen molar-refractivity contribution < 1.29 is 17.7 Å². The Morgan fingerprint density at radius 2 is 1.33 bits per heavy atom. The van der Waals surface area contributed by atoms with E-state index in [1.54, 1.807) is 6.07 Å². The minimum absolute atomic E-state index is 0.0979. The van der Waals surface area contributed by atoms with Gasteiger partial charge in [-0.2, -0.15) is 8.42 Å². The fraction of sp³-hybridized carbons (Fsp3) is 0.118. The summed E-state index contributed by atoms with van der Waals surface area (Å²) in [5.74, 6) is 0.801. The molecule has 5 aromatic rings. The van der Waals surface area contributed by atoms with Gasteiger partial charge in [-0.3, -0.25) is 4.55 Å². The molecule has 1 heterocycles. The molecule has 0 atom stereocenters. The molecule has 0 saturated heterocycles. The number of fused-ring (bicyclic) bond motifs is 8. The van der Waals surface area contributed by atoms with E-state index in [4.69, 9.17) is 4.74 Å². The first-order valence-corrected chi connectivity index (χ1v) is 14.4. The fourth-order valence-corrected chi connectivity index (χ4v) is 6.93. The first kappa shape index (κ1) is 23.9. The van der Waals surface area contributed by atoms with E-state index >= 15 is 0 Å². The molecule has 0 aromatic heterocycles. The lowest BCUT2D eigenvalue weighted by Gasteiger charge is -2.38. The van der Waals surface area contributed by atoms with Gasteiger partial charge in [0, 0.05) is 27.5 Å². The van der Waals surface area contributed by atoms with Gasteiger partial charge in [-0.15, -0.1) is 0 Å². The molecule has 1 N–H and O–H groups in total. The van der Waals surface area contributed by atoms with E-state index in [1.165, 1.54) is 6.07 Å². The van der Waals surface area contributed by atoms with Gasteiger partial charge in [-0.25, -0.2) is 0 Å². The van der Waals surface area contributed by atoms with Crippen LogP contribution in [0.2, 0.25) is 0 Å². The van der Waals surface area contributed by atoms with Crippen LogP contribution in [0.1, 0.15) is 41.7 Å². The van der Waals surface area contributed by atoms with Crippen LogP contribution in [-0.4, -0.2) is 13.0 Å². The highest BCUT2D eigenvalue weighted by atomic mass is 32.2. The second-order valence-corrected chi connectivity index (χ2v) is 12.2. The second kappa shape index (κ2) is 8.15. The molecule has 0 fully saturated rings. The number of hydrogen-bond donors (Lipinski definition) is 1.